The van der Waals surface area contributed by atoms with Crippen molar-refractivity contribution in [2.45, 2.75) is 38.8 Å². The molecule has 1 unspecified atom stereocenters. The summed E-state index contributed by atoms with van der Waals surface area (Å²) in [5, 5.41) is 9.20. The molecule has 0 radical (unpaired) electrons. The summed E-state index contributed by atoms with van der Waals surface area (Å²) >= 11 is 0. The number of nitrogens with zero attached hydrogens (tertiary/aromatic N) is 3. The molecule has 17 heavy (non-hydrogen) atoms. The maximum atomic E-state index is 11.2. The molecule has 96 valence electrons. The van der Waals surface area contributed by atoms with Gasteiger partial charge in [-0.3, -0.25) is 9.69 Å². The Morgan fingerprint density at radius 2 is 2.35 bits per heavy atom. The van der Waals surface area contributed by atoms with E-state index in [9.17, 15) is 9.90 Å². The van der Waals surface area contributed by atoms with Gasteiger partial charge in [0.25, 0.3) is 0 Å². The average molecular weight is 239 g/mol. The number of carboxylic acids is 1. The van der Waals surface area contributed by atoms with Crippen LogP contribution in [0.25, 0.3) is 0 Å². The molecule has 5 nitrogen and oxygen atoms in total. The van der Waals surface area contributed by atoms with Crippen LogP contribution in [-0.2, 0) is 18.4 Å². The third kappa shape index (κ3) is 3.85. The quantitative estimate of drug-likeness (QED) is 0.783. The monoisotopic (exact) mass is 239 g/mol. The number of rotatable bonds is 7. The van der Waals surface area contributed by atoms with Crippen molar-refractivity contribution in [3.8, 4) is 0 Å². The Morgan fingerprint density at radius 1 is 1.65 bits per heavy atom. The number of unbranched alkanes of at least 4 members (excludes halogenated alkanes) is 1. The second-order valence-corrected chi connectivity index (χ2v) is 4.37. The highest BCUT2D eigenvalue weighted by Gasteiger charge is 2.22. The zero-order valence-electron chi connectivity index (χ0n) is 10.8. The highest BCUT2D eigenvalue weighted by Crippen LogP contribution is 2.10. The Bertz CT molecular complexity index is 362. The van der Waals surface area contributed by atoms with Crippen molar-refractivity contribution in [2.75, 3.05) is 7.05 Å². The van der Waals surface area contributed by atoms with Gasteiger partial charge in [0.05, 0.1) is 6.54 Å². The van der Waals surface area contributed by atoms with Crippen molar-refractivity contribution in [3.05, 3.63) is 18.2 Å². The number of likely N-dealkylation sites (N-methyl/N-ethyl adjacent to an activating group) is 1. The molecule has 1 aromatic rings. The normalized spacial score (nSPS) is 12.9. The van der Waals surface area contributed by atoms with E-state index in [1.165, 1.54) is 0 Å². The largest absolute Gasteiger partial charge is 0.480 e. The molecular weight excluding hydrogens is 218 g/mol. The van der Waals surface area contributed by atoms with Gasteiger partial charge in [0.1, 0.15) is 11.9 Å². The summed E-state index contributed by atoms with van der Waals surface area (Å²) in [5.74, 6) is 0.130. The first-order valence-electron chi connectivity index (χ1n) is 5.95. The van der Waals surface area contributed by atoms with Crippen molar-refractivity contribution in [1.82, 2.24) is 14.5 Å². The van der Waals surface area contributed by atoms with Crippen molar-refractivity contribution < 1.29 is 9.90 Å². The van der Waals surface area contributed by atoms with Crippen LogP contribution < -0.4 is 0 Å². The second-order valence-electron chi connectivity index (χ2n) is 4.37. The number of aliphatic carboxylic acids is 1. The number of imidazole rings is 1. The minimum Gasteiger partial charge on any atom is -0.480 e. The van der Waals surface area contributed by atoms with Crippen LogP contribution in [0.5, 0.6) is 0 Å². The summed E-state index contributed by atoms with van der Waals surface area (Å²) in [6.45, 7) is 2.63. The Labute approximate surface area is 102 Å². The van der Waals surface area contributed by atoms with E-state index >= 15 is 0 Å². The van der Waals surface area contributed by atoms with Crippen LogP contribution >= 0.6 is 0 Å². The molecule has 0 spiro atoms. The first-order valence-corrected chi connectivity index (χ1v) is 5.95. The molecule has 0 bridgehead atoms. The molecule has 0 saturated heterocycles. The molecule has 0 fully saturated rings. The molecule has 0 aliphatic heterocycles. The van der Waals surface area contributed by atoms with E-state index in [-0.39, 0.29) is 0 Å². The summed E-state index contributed by atoms with van der Waals surface area (Å²) in [5.41, 5.74) is 0. The lowest BCUT2D eigenvalue weighted by Gasteiger charge is -2.24. The lowest BCUT2D eigenvalue weighted by Crippen LogP contribution is -2.38. The topological polar surface area (TPSA) is 58.4 Å². The van der Waals surface area contributed by atoms with Crippen LogP contribution in [0.15, 0.2) is 12.4 Å². The molecule has 0 aromatic carbocycles. The summed E-state index contributed by atoms with van der Waals surface area (Å²) in [7, 11) is 3.75. The van der Waals surface area contributed by atoms with E-state index in [4.69, 9.17) is 0 Å². The van der Waals surface area contributed by atoms with E-state index in [0.717, 1.165) is 18.7 Å². The molecule has 0 saturated carbocycles. The van der Waals surface area contributed by atoms with Gasteiger partial charge >= 0.3 is 5.97 Å². The Kier molecular flexibility index (Phi) is 5.15. The molecule has 1 atom stereocenters. The Hall–Kier alpha value is -1.36. The fourth-order valence-corrected chi connectivity index (χ4v) is 1.81. The summed E-state index contributed by atoms with van der Waals surface area (Å²) in [4.78, 5) is 17.2. The SMILES string of the molecule is CCCCC(C(=O)O)N(C)Cc1nccn1C. The predicted molar refractivity (Wildman–Crippen MR) is 65.6 cm³/mol. The van der Waals surface area contributed by atoms with Crippen LogP contribution in [0, 0.1) is 0 Å². The zero-order chi connectivity index (χ0) is 12.8. The third-order valence-electron chi connectivity index (χ3n) is 2.96. The fourth-order valence-electron chi connectivity index (χ4n) is 1.81. The van der Waals surface area contributed by atoms with Crippen molar-refractivity contribution in [3.63, 3.8) is 0 Å². The van der Waals surface area contributed by atoms with Gasteiger partial charge in [-0.05, 0) is 13.5 Å². The van der Waals surface area contributed by atoms with Crippen LogP contribution in [0.2, 0.25) is 0 Å². The molecular formula is C12H21N3O2. The van der Waals surface area contributed by atoms with Crippen LogP contribution in [-0.4, -0.2) is 38.6 Å². The van der Waals surface area contributed by atoms with Crippen molar-refractivity contribution in [2.24, 2.45) is 7.05 Å². The van der Waals surface area contributed by atoms with Gasteiger partial charge in [-0.25, -0.2) is 4.98 Å². The Morgan fingerprint density at radius 3 is 2.82 bits per heavy atom. The van der Waals surface area contributed by atoms with Crippen LogP contribution in [0.3, 0.4) is 0 Å². The molecule has 1 aromatic heterocycles. The van der Waals surface area contributed by atoms with Gasteiger partial charge in [0, 0.05) is 19.4 Å². The maximum Gasteiger partial charge on any atom is 0.320 e. The number of aromatic nitrogens is 2. The summed E-state index contributed by atoms with van der Waals surface area (Å²) < 4.78 is 1.91. The Balaban J connectivity index is 2.62. The lowest BCUT2D eigenvalue weighted by molar-refractivity contribution is -0.143. The maximum absolute atomic E-state index is 11.2. The minimum atomic E-state index is -0.754. The first-order chi connectivity index (χ1) is 8.06. The zero-order valence-corrected chi connectivity index (χ0v) is 10.8. The van der Waals surface area contributed by atoms with E-state index in [1.54, 1.807) is 6.20 Å². The standard InChI is InChI=1S/C12H21N3O2/c1-4-5-6-10(12(16)17)15(3)9-11-13-7-8-14(11)2/h7-8,10H,4-6,9H2,1-3H3,(H,16,17). The van der Waals surface area contributed by atoms with Gasteiger partial charge in [-0.1, -0.05) is 19.8 Å². The molecule has 1 heterocycles. The number of aryl methyl sites for hydroxylation is 1. The lowest BCUT2D eigenvalue weighted by atomic mass is 10.1. The van der Waals surface area contributed by atoms with Crippen molar-refractivity contribution >= 4 is 5.97 Å². The van der Waals surface area contributed by atoms with E-state index in [2.05, 4.69) is 11.9 Å². The molecule has 1 N–H and O–H groups in total. The average Bonchev–Trinajstić information content (AvgIpc) is 2.64. The molecule has 0 aliphatic carbocycles. The van der Waals surface area contributed by atoms with E-state index in [0.29, 0.717) is 13.0 Å². The van der Waals surface area contributed by atoms with Crippen LogP contribution in [0.1, 0.15) is 32.0 Å². The number of hydrogen-bond donors (Lipinski definition) is 1. The number of carboxylic acid groups (broad SMARTS) is 1. The van der Waals surface area contributed by atoms with Gasteiger partial charge in [-0.15, -0.1) is 0 Å². The second kappa shape index (κ2) is 6.39. The number of hydrogen-bond acceptors (Lipinski definition) is 3. The van der Waals surface area contributed by atoms with Crippen molar-refractivity contribution in [1.29, 1.82) is 0 Å². The van der Waals surface area contributed by atoms with Gasteiger partial charge in [0.15, 0.2) is 0 Å². The molecule has 1 rings (SSSR count). The van der Waals surface area contributed by atoms with Gasteiger partial charge < -0.3 is 9.67 Å². The molecule has 0 aliphatic rings. The first kappa shape index (κ1) is 13.7. The van der Waals surface area contributed by atoms with E-state index in [1.807, 2.05) is 29.8 Å². The summed E-state index contributed by atoms with van der Waals surface area (Å²) in [6.07, 6.45) is 6.23. The fraction of sp³-hybridized carbons (Fsp3) is 0.667. The highest BCUT2D eigenvalue weighted by molar-refractivity contribution is 5.73. The van der Waals surface area contributed by atoms with Crippen LogP contribution in [0.4, 0.5) is 0 Å². The predicted octanol–water partition coefficient (Wildman–Crippen LogP) is 1.50. The highest BCUT2D eigenvalue weighted by atomic mass is 16.4. The summed E-state index contributed by atoms with van der Waals surface area (Å²) in [6, 6.07) is -0.424. The van der Waals surface area contributed by atoms with Gasteiger partial charge in [0.2, 0.25) is 0 Å². The smallest absolute Gasteiger partial charge is 0.320 e. The third-order valence-corrected chi connectivity index (χ3v) is 2.96. The number of carbonyl (C=O) groups is 1. The van der Waals surface area contributed by atoms with E-state index < -0.39 is 12.0 Å². The molecule has 0 amide bonds. The van der Waals surface area contributed by atoms with Gasteiger partial charge in [-0.2, -0.15) is 0 Å². The minimum absolute atomic E-state index is 0.424. The molecule has 5 heteroatoms.